The summed E-state index contributed by atoms with van der Waals surface area (Å²) in [5.41, 5.74) is 0.595. The Morgan fingerprint density at radius 2 is 2.12 bits per heavy atom. The maximum absolute atomic E-state index is 12.2. The molecule has 1 aliphatic heterocycles. The molecule has 1 saturated heterocycles. The van der Waals surface area contributed by atoms with Crippen LogP contribution in [-0.4, -0.2) is 56.2 Å². The lowest BCUT2D eigenvalue weighted by Gasteiger charge is -2.35. The first kappa shape index (κ1) is 19.0. The smallest absolute Gasteiger partial charge is 0.319 e. The highest BCUT2D eigenvalue weighted by atomic mass is 16.5. The van der Waals surface area contributed by atoms with Gasteiger partial charge in [-0.1, -0.05) is 6.07 Å². The molecular weight excluding hydrogens is 328 g/mol. The molecule has 1 aliphatic rings. The first-order valence-corrected chi connectivity index (χ1v) is 8.10. The zero-order valence-electron chi connectivity index (χ0n) is 14.4. The van der Waals surface area contributed by atoms with Gasteiger partial charge in [0.2, 0.25) is 0 Å². The van der Waals surface area contributed by atoms with Crippen molar-refractivity contribution in [1.82, 2.24) is 5.32 Å². The lowest BCUT2D eigenvalue weighted by molar-refractivity contribution is -0.149. The van der Waals surface area contributed by atoms with Gasteiger partial charge in [-0.15, -0.1) is 0 Å². The van der Waals surface area contributed by atoms with E-state index in [1.807, 2.05) is 0 Å². The van der Waals surface area contributed by atoms with Gasteiger partial charge in [0, 0.05) is 11.8 Å². The first-order chi connectivity index (χ1) is 12.0. The van der Waals surface area contributed by atoms with Crippen molar-refractivity contribution in [3.63, 3.8) is 0 Å². The number of nitrogens with one attached hydrogen (secondary N) is 2. The van der Waals surface area contributed by atoms with Gasteiger partial charge in [-0.3, -0.25) is 4.79 Å². The molecule has 8 nitrogen and oxygen atoms in total. The van der Waals surface area contributed by atoms with E-state index < -0.39 is 12.1 Å². The Labute approximate surface area is 146 Å². The summed E-state index contributed by atoms with van der Waals surface area (Å²) in [5.74, 6) is 0.279. The number of carbonyl (C=O) groups excluding carboxylic acids is 2. The number of aliphatic hydroxyl groups excluding tert-OH is 1. The quantitative estimate of drug-likeness (QED) is 0.666. The van der Waals surface area contributed by atoms with Gasteiger partial charge in [0.1, 0.15) is 11.9 Å². The monoisotopic (exact) mass is 352 g/mol. The first-order valence-electron chi connectivity index (χ1n) is 8.10. The molecule has 138 valence electrons. The summed E-state index contributed by atoms with van der Waals surface area (Å²) in [6.45, 7) is -0.248. The average Bonchev–Trinajstić information content (AvgIpc) is 2.62. The van der Waals surface area contributed by atoms with Crippen molar-refractivity contribution < 1.29 is 28.9 Å². The van der Waals surface area contributed by atoms with Gasteiger partial charge >= 0.3 is 12.0 Å². The van der Waals surface area contributed by atoms with Crippen LogP contribution in [0.25, 0.3) is 0 Å². The van der Waals surface area contributed by atoms with Gasteiger partial charge in [-0.2, -0.15) is 0 Å². The summed E-state index contributed by atoms with van der Waals surface area (Å²) in [6, 6.07) is 6.26. The van der Waals surface area contributed by atoms with Crippen LogP contribution in [0.2, 0.25) is 0 Å². The Bertz CT molecular complexity index is 594. The summed E-state index contributed by atoms with van der Waals surface area (Å²) < 4.78 is 15.4. The molecule has 2 rings (SSSR count). The molecule has 1 fully saturated rings. The van der Waals surface area contributed by atoms with Crippen LogP contribution >= 0.6 is 0 Å². The Balaban J connectivity index is 1.88. The Morgan fingerprint density at radius 3 is 2.80 bits per heavy atom. The average molecular weight is 352 g/mol. The summed E-state index contributed by atoms with van der Waals surface area (Å²) in [5, 5.41) is 15.0. The van der Waals surface area contributed by atoms with Gasteiger partial charge < -0.3 is 30.0 Å². The van der Waals surface area contributed by atoms with Crippen molar-refractivity contribution in [3.05, 3.63) is 24.3 Å². The number of amides is 2. The number of urea groups is 1. The standard InChI is InChI=1S/C17H24N2O6/c1-23-12-5-3-4-11(8-12)18-17(22)19-14-7-6-13(9-16(21)24-2)25-15(14)10-20/h3-5,8,13-15,20H,6-7,9-10H2,1-2H3,(H2,18,19,22)/t13-,14-,15-/m1/s1. The van der Waals surface area contributed by atoms with E-state index in [1.54, 1.807) is 31.4 Å². The van der Waals surface area contributed by atoms with Gasteiger partial charge in [0.25, 0.3) is 0 Å². The van der Waals surface area contributed by atoms with Crippen LogP contribution in [0, 0.1) is 0 Å². The van der Waals surface area contributed by atoms with Crippen LogP contribution in [0.3, 0.4) is 0 Å². The van der Waals surface area contributed by atoms with Gasteiger partial charge in [0.15, 0.2) is 0 Å². The minimum Gasteiger partial charge on any atom is -0.497 e. The molecule has 8 heteroatoms. The third-order valence-corrected chi connectivity index (χ3v) is 4.06. The fourth-order valence-electron chi connectivity index (χ4n) is 2.75. The number of hydrogen-bond donors (Lipinski definition) is 3. The highest BCUT2D eigenvalue weighted by Crippen LogP contribution is 2.22. The second kappa shape index (κ2) is 9.24. The molecule has 0 aliphatic carbocycles. The molecule has 3 atom stereocenters. The third kappa shape index (κ3) is 5.61. The normalized spacial score (nSPS) is 22.8. The van der Waals surface area contributed by atoms with E-state index in [0.29, 0.717) is 24.3 Å². The maximum Gasteiger partial charge on any atom is 0.319 e. The van der Waals surface area contributed by atoms with Gasteiger partial charge in [0.05, 0.1) is 39.4 Å². The maximum atomic E-state index is 12.2. The minimum absolute atomic E-state index is 0.135. The van der Waals surface area contributed by atoms with E-state index in [1.165, 1.54) is 7.11 Å². The number of anilines is 1. The molecule has 1 aromatic rings. The molecule has 0 spiro atoms. The van der Waals surface area contributed by atoms with E-state index in [0.717, 1.165) is 0 Å². The lowest BCUT2D eigenvalue weighted by atomic mass is 9.97. The molecule has 1 aromatic carbocycles. The van der Waals surface area contributed by atoms with Crippen molar-refractivity contribution in [2.24, 2.45) is 0 Å². The Hall–Kier alpha value is -2.32. The van der Waals surface area contributed by atoms with Crippen molar-refractivity contribution >= 4 is 17.7 Å². The van der Waals surface area contributed by atoms with Crippen LogP contribution < -0.4 is 15.4 Å². The van der Waals surface area contributed by atoms with Crippen LogP contribution in [0.15, 0.2) is 24.3 Å². The fourth-order valence-corrected chi connectivity index (χ4v) is 2.75. The Kier molecular flexibility index (Phi) is 7.03. The second-order valence-electron chi connectivity index (χ2n) is 5.77. The topological polar surface area (TPSA) is 106 Å². The zero-order valence-corrected chi connectivity index (χ0v) is 14.4. The minimum atomic E-state index is -0.570. The van der Waals surface area contributed by atoms with Crippen LogP contribution in [0.4, 0.5) is 10.5 Å². The van der Waals surface area contributed by atoms with E-state index in [2.05, 4.69) is 15.4 Å². The largest absolute Gasteiger partial charge is 0.497 e. The summed E-state index contributed by atoms with van der Waals surface area (Å²) in [4.78, 5) is 23.5. The van der Waals surface area contributed by atoms with Gasteiger partial charge in [-0.05, 0) is 25.0 Å². The highest BCUT2D eigenvalue weighted by molar-refractivity contribution is 5.89. The molecule has 0 aromatic heterocycles. The number of rotatable bonds is 6. The lowest BCUT2D eigenvalue weighted by Crippen LogP contribution is -2.52. The molecule has 2 amide bonds. The molecule has 0 saturated carbocycles. The van der Waals surface area contributed by atoms with Crippen LogP contribution in [0.5, 0.6) is 5.75 Å². The molecule has 0 radical (unpaired) electrons. The van der Waals surface area contributed by atoms with Crippen LogP contribution in [-0.2, 0) is 14.3 Å². The number of carbonyl (C=O) groups is 2. The molecular formula is C17H24N2O6. The SMILES string of the molecule is COC(=O)C[C@H]1CC[C@@H](NC(=O)Nc2cccc(OC)c2)[C@@H](CO)O1. The molecule has 3 N–H and O–H groups in total. The molecule has 0 unspecified atom stereocenters. The summed E-state index contributed by atoms with van der Waals surface area (Å²) >= 11 is 0. The number of benzene rings is 1. The van der Waals surface area contributed by atoms with Crippen molar-refractivity contribution in [1.29, 1.82) is 0 Å². The van der Waals surface area contributed by atoms with E-state index in [4.69, 9.17) is 9.47 Å². The van der Waals surface area contributed by atoms with Gasteiger partial charge in [-0.25, -0.2) is 4.79 Å². The Morgan fingerprint density at radius 1 is 1.32 bits per heavy atom. The fraction of sp³-hybridized carbons (Fsp3) is 0.529. The van der Waals surface area contributed by atoms with Crippen molar-refractivity contribution in [2.75, 3.05) is 26.1 Å². The summed E-state index contributed by atoms with van der Waals surface area (Å²) in [6.07, 6.45) is 0.438. The van der Waals surface area contributed by atoms with Crippen LogP contribution in [0.1, 0.15) is 19.3 Å². The van der Waals surface area contributed by atoms with E-state index >= 15 is 0 Å². The number of ether oxygens (including phenoxy) is 3. The predicted molar refractivity (Wildman–Crippen MR) is 90.6 cm³/mol. The number of esters is 1. The van der Waals surface area contributed by atoms with Crippen molar-refractivity contribution in [2.45, 2.75) is 37.5 Å². The number of methoxy groups -OCH3 is 2. The van der Waals surface area contributed by atoms with E-state index in [9.17, 15) is 14.7 Å². The second-order valence-corrected chi connectivity index (χ2v) is 5.77. The predicted octanol–water partition coefficient (Wildman–Crippen LogP) is 1.29. The van der Waals surface area contributed by atoms with Crippen molar-refractivity contribution in [3.8, 4) is 5.75 Å². The third-order valence-electron chi connectivity index (χ3n) is 4.06. The highest BCUT2D eigenvalue weighted by Gasteiger charge is 2.33. The molecule has 25 heavy (non-hydrogen) atoms. The number of hydrogen-bond acceptors (Lipinski definition) is 6. The molecule has 1 heterocycles. The zero-order chi connectivity index (χ0) is 18.2. The van der Waals surface area contributed by atoms with E-state index in [-0.39, 0.29) is 31.1 Å². The number of aliphatic hydroxyl groups is 1. The summed E-state index contributed by atoms with van der Waals surface area (Å²) in [7, 11) is 2.87. The molecule has 0 bridgehead atoms.